The SMILES string of the molecule is COc1ccc(N2CCCN(C(=O)Cc3coc4ccc5ccccc5c34)CC2)cc1. The minimum atomic E-state index is 0.159. The predicted molar refractivity (Wildman–Crippen MR) is 124 cm³/mol. The van der Waals surface area contributed by atoms with Gasteiger partial charge in [-0.05, 0) is 47.5 Å². The molecule has 4 aromatic rings. The first kappa shape index (κ1) is 19.5. The van der Waals surface area contributed by atoms with Crippen molar-refractivity contribution in [2.24, 2.45) is 0 Å². The van der Waals surface area contributed by atoms with Crippen LogP contribution in [0.15, 0.2) is 71.3 Å². The smallest absolute Gasteiger partial charge is 0.227 e. The first-order valence-electron chi connectivity index (χ1n) is 10.8. The number of hydrogen-bond acceptors (Lipinski definition) is 4. The predicted octanol–water partition coefficient (Wildman–Crippen LogP) is 4.88. The van der Waals surface area contributed by atoms with Crippen molar-refractivity contribution in [3.63, 3.8) is 0 Å². The molecule has 31 heavy (non-hydrogen) atoms. The number of anilines is 1. The molecule has 2 heterocycles. The summed E-state index contributed by atoms with van der Waals surface area (Å²) in [7, 11) is 1.68. The molecule has 5 nitrogen and oxygen atoms in total. The monoisotopic (exact) mass is 414 g/mol. The van der Waals surface area contributed by atoms with E-state index in [-0.39, 0.29) is 5.91 Å². The first-order chi connectivity index (χ1) is 15.2. The molecule has 5 rings (SSSR count). The van der Waals surface area contributed by atoms with Crippen LogP contribution in [0.3, 0.4) is 0 Å². The number of amides is 1. The van der Waals surface area contributed by atoms with Crippen LogP contribution in [0.2, 0.25) is 0 Å². The maximum atomic E-state index is 13.2. The van der Waals surface area contributed by atoms with Gasteiger partial charge in [0.1, 0.15) is 11.3 Å². The van der Waals surface area contributed by atoms with Crippen LogP contribution >= 0.6 is 0 Å². The van der Waals surface area contributed by atoms with E-state index < -0.39 is 0 Å². The Balaban J connectivity index is 1.31. The second kappa shape index (κ2) is 8.34. The fourth-order valence-electron chi connectivity index (χ4n) is 4.50. The number of methoxy groups -OCH3 is 1. The third kappa shape index (κ3) is 3.83. The van der Waals surface area contributed by atoms with Crippen molar-refractivity contribution in [2.45, 2.75) is 12.8 Å². The molecule has 0 spiro atoms. The van der Waals surface area contributed by atoms with Crippen LogP contribution in [0, 0.1) is 0 Å². The highest BCUT2D eigenvalue weighted by atomic mass is 16.5. The summed E-state index contributed by atoms with van der Waals surface area (Å²) in [5.74, 6) is 1.02. The van der Waals surface area contributed by atoms with Crippen molar-refractivity contribution in [3.05, 3.63) is 72.5 Å². The van der Waals surface area contributed by atoms with Crippen molar-refractivity contribution in [2.75, 3.05) is 38.2 Å². The Morgan fingerprint density at radius 1 is 0.968 bits per heavy atom. The molecule has 0 atom stereocenters. The fraction of sp³-hybridized carbons (Fsp3) is 0.269. The standard InChI is InChI=1S/C26H26N2O3/c1-30-22-10-8-21(9-11-22)27-13-4-14-28(16-15-27)25(29)17-20-18-31-24-12-7-19-5-2-3-6-23(19)26(20)24/h2-3,5-12,18H,4,13-17H2,1H3. The molecule has 1 aliphatic heterocycles. The summed E-state index contributed by atoms with van der Waals surface area (Å²) in [6.07, 6.45) is 3.06. The molecule has 1 fully saturated rings. The Labute approximate surface area is 181 Å². The van der Waals surface area contributed by atoms with E-state index >= 15 is 0 Å². The number of rotatable bonds is 4. The van der Waals surface area contributed by atoms with Gasteiger partial charge in [0.2, 0.25) is 5.91 Å². The van der Waals surface area contributed by atoms with Crippen LogP contribution in [0.5, 0.6) is 5.75 Å². The number of fused-ring (bicyclic) bond motifs is 3. The number of benzene rings is 3. The number of nitrogens with zero attached hydrogens (tertiary/aromatic N) is 2. The maximum absolute atomic E-state index is 13.2. The minimum Gasteiger partial charge on any atom is -0.497 e. The van der Waals surface area contributed by atoms with E-state index in [1.54, 1.807) is 13.4 Å². The molecule has 1 aliphatic rings. The molecule has 0 saturated carbocycles. The Hall–Kier alpha value is -3.47. The molecule has 1 aromatic heterocycles. The van der Waals surface area contributed by atoms with Crippen molar-refractivity contribution in [1.82, 2.24) is 4.90 Å². The zero-order valence-corrected chi connectivity index (χ0v) is 17.7. The topological polar surface area (TPSA) is 45.9 Å². The lowest BCUT2D eigenvalue weighted by atomic mass is 10.0. The number of hydrogen-bond donors (Lipinski definition) is 0. The van der Waals surface area contributed by atoms with Gasteiger partial charge in [-0.2, -0.15) is 0 Å². The Morgan fingerprint density at radius 3 is 2.65 bits per heavy atom. The molecule has 0 unspecified atom stereocenters. The van der Waals surface area contributed by atoms with Gasteiger partial charge in [0, 0.05) is 42.8 Å². The van der Waals surface area contributed by atoms with E-state index in [4.69, 9.17) is 9.15 Å². The Kier molecular flexibility index (Phi) is 5.24. The van der Waals surface area contributed by atoms with Crippen molar-refractivity contribution < 1.29 is 13.9 Å². The molecule has 0 aliphatic carbocycles. The van der Waals surface area contributed by atoms with E-state index in [1.807, 2.05) is 35.2 Å². The number of carbonyl (C=O) groups excluding carboxylic acids is 1. The molecule has 0 radical (unpaired) electrons. The number of ether oxygens (including phenoxy) is 1. The van der Waals surface area contributed by atoms with Crippen LogP contribution in [-0.2, 0) is 11.2 Å². The van der Waals surface area contributed by atoms with Gasteiger partial charge in [-0.15, -0.1) is 0 Å². The Morgan fingerprint density at radius 2 is 1.81 bits per heavy atom. The van der Waals surface area contributed by atoms with Gasteiger partial charge in [0.25, 0.3) is 0 Å². The summed E-state index contributed by atoms with van der Waals surface area (Å²) in [5.41, 5.74) is 2.97. The van der Waals surface area contributed by atoms with E-state index in [1.165, 1.54) is 5.69 Å². The lowest BCUT2D eigenvalue weighted by Crippen LogP contribution is -2.36. The van der Waals surface area contributed by atoms with Gasteiger partial charge < -0.3 is 19.0 Å². The summed E-state index contributed by atoms with van der Waals surface area (Å²) in [6, 6.07) is 20.4. The highest BCUT2D eigenvalue weighted by Gasteiger charge is 2.21. The van der Waals surface area contributed by atoms with Crippen LogP contribution < -0.4 is 9.64 Å². The molecule has 158 valence electrons. The quantitative estimate of drug-likeness (QED) is 0.478. The van der Waals surface area contributed by atoms with Crippen LogP contribution in [0.1, 0.15) is 12.0 Å². The van der Waals surface area contributed by atoms with Gasteiger partial charge in [0.05, 0.1) is 19.8 Å². The van der Waals surface area contributed by atoms with E-state index in [0.717, 1.165) is 65.7 Å². The summed E-state index contributed by atoms with van der Waals surface area (Å²) < 4.78 is 11.0. The molecule has 5 heteroatoms. The zero-order valence-electron chi connectivity index (χ0n) is 17.7. The number of carbonyl (C=O) groups is 1. The van der Waals surface area contributed by atoms with Crippen LogP contribution in [-0.4, -0.2) is 44.1 Å². The average Bonchev–Trinajstić information content (AvgIpc) is 3.06. The largest absolute Gasteiger partial charge is 0.497 e. The van der Waals surface area contributed by atoms with Gasteiger partial charge in [-0.25, -0.2) is 0 Å². The third-order valence-electron chi connectivity index (χ3n) is 6.17. The van der Waals surface area contributed by atoms with E-state index in [0.29, 0.717) is 6.42 Å². The Bertz CT molecular complexity index is 1210. The van der Waals surface area contributed by atoms with Gasteiger partial charge in [-0.1, -0.05) is 30.3 Å². The first-order valence-corrected chi connectivity index (χ1v) is 10.8. The van der Waals surface area contributed by atoms with Crippen LogP contribution in [0.25, 0.3) is 21.7 Å². The molecule has 1 amide bonds. The zero-order chi connectivity index (χ0) is 21.2. The minimum absolute atomic E-state index is 0.159. The normalized spacial score (nSPS) is 14.7. The molecule has 3 aromatic carbocycles. The molecule has 1 saturated heterocycles. The second-order valence-electron chi connectivity index (χ2n) is 8.02. The average molecular weight is 415 g/mol. The van der Waals surface area contributed by atoms with Gasteiger partial charge >= 0.3 is 0 Å². The van der Waals surface area contributed by atoms with Gasteiger partial charge in [0.15, 0.2) is 0 Å². The molecular weight excluding hydrogens is 388 g/mol. The molecular formula is C26H26N2O3. The molecule has 0 bridgehead atoms. The summed E-state index contributed by atoms with van der Waals surface area (Å²) in [6.45, 7) is 3.27. The van der Waals surface area contributed by atoms with Gasteiger partial charge in [-0.3, -0.25) is 4.79 Å². The van der Waals surface area contributed by atoms with E-state index in [9.17, 15) is 4.79 Å². The fourth-order valence-corrected chi connectivity index (χ4v) is 4.50. The van der Waals surface area contributed by atoms with Crippen molar-refractivity contribution in [3.8, 4) is 5.75 Å². The maximum Gasteiger partial charge on any atom is 0.227 e. The highest BCUT2D eigenvalue weighted by Crippen LogP contribution is 2.30. The second-order valence-corrected chi connectivity index (χ2v) is 8.02. The van der Waals surface area contributed by atoms with E-state index in [2.05, 4.69) is 35.2 Å². The highest BCUT2D eigenvalue weighted by molar-refractivity contribution is 6.08. The van der Waals surface area contributed by atoms with Crippen molar-refractivity contribution >= 4 is 33.3 Å². The number of furan rings is 1. The lowest BCUT2D eigenvalue weighted by molar-refractivity contribution is -0.130. The van der Waals surface area contributed by atoms with Crippen molar-refractivity contribution in [1.29, 1.82) is 0 Å². The lowest BCUT2D eigenvalue weighted by Gasteiger charge is -2.24. The third-order valence-corrected chi connectivity index (χ3v) is 6.17. The van der Waals surface area contributed by atoms with Crippen LogP contribution in [0.4, 0.5) is 5.69 Å². The summed E-state index contributed by atoms with van der Waals surface area (Å²) in [5, 5.41) is 3.36. The molecule has 0 N–H and O–H groups in total. The summed E-state index contributed by atoms with van der Waals surface area (Å²) in [4.78, 5) is 17.5. The summed E-state index contributed by atoms with van der Waals surface area (Å²) >= 11 is 0.